The predicted octanol–water partition coefficient (Wildman–Crippen LogP) is 2.38. The Kier molecular flexibility index (Phi) is 4.61. The highest BCUT2D eigenvalue weighted by atomic mass is 35.5. The Labute approximate surface area is 118 Å². The van der Waals surface area contributed by atoms with E-state index >= 15 is 0 Å². The average Bonchev–Trinajstić information content (AvgIpc) is 2.98. The first kappa shape index (κ1) is 14.1. The van der Waals surface area contributed by atoms with Crippen molar-refractivity contribution in [2.75, 3.05) is 6.54 Å². The molecule has 0 saturated heterocycles. The molecule has 6 heteroatoms. The molecule has 0 aliphatic carbocycles. The van der Waals surface area contributed by atoms with Crippen molar-refractivity contribution < 1.29 is 0 Å². The number of hydrogen-bond donors (Lipinski definition) is 1. The molecule has 0 radical (unpaired) electrons. The normalized spacial score (nSPS) is 12.8. The lowest BCUT2D eigenvalue weighted by atomic mass is 10.1. The van der Waals surface area contributed by atoms with Crippen LogP contribution < -0.4 is 5.32 Å². The van der Waals surface area contributed by atoms with Crippen molar-refractivity contribution in [2.24, 2.45) is 7.05 Å². The summed E-state index contributed by atoms with van der Waals surface area (Å²) in [4.78, 5) is 4.20. The quantitative estimate of drug-likeness (QED) is 0.884. The van der Waals surface area contributed by atoms with E-state index in [0.717, 1.165) is 30.9 Å². The zero-order valence-corrected chi connectivity index (χ0v) is 12.4. The van der Waals surface area contributed by atoms with Gasteiger partial charge < -0.3 is 9.88 Å². The van der Waals surface area contributed by atoms with E-state index in [2.05, 4.69) is 29.2 Å². The molecule has 2 rings (SSSR count). The lowest BCUT2D eigenvalue weighted by molar-refractivity contribution is 0.512. The summed E-state index contributed by atoms with van der Waals surface area (Å²) < 4.78 is 3.94. The Morgan fingerprint density at radius 2 is 2.16 bits per heavy atom. The van der Waals surface area contributed by atoms with Gasteiger partial charge in [-0.2, -0.15) is 5.10 Å². The minimum absolute atomic E-state index is 0.0161. The smallest absolute Gasteiger partial charge is 0.0946 e. The topological polar surface area (TPSA) is 47.7 Å². The van der Waals surface area contributed by atoms with Crippen LogP contribution in [0.25, 0.3) is 0 Å². The van der Waals surface area contributed by atoms with Crippen LogP contribution >= 0.6 is 11.6 Å². The summed E-state index contributed by atoms with van der Waals surface area (Å²) in [5, 5.41) is 8.53. The lowest BCUT2D eigenvalue weighted by Gasteiger charge is -2.20. The molecule has 1 atom stereocenters. The van der Waals surface area contributed by atoms with Crippen LogP contribution in [0.15, 0.2) is 18.7 Å². The number of nitrogens with zero attached hydrogens (tertiary/aromatic N) is 4. The van der Waals surface area contributed by atoms with Crippen molar-refractivity contribution >= 4 is 11.6 Å². The van der Waals surface area contributed by atoms with Gasteiger partial charge in [0, 0.05) is 13.6 Å². The molecule has 0 amide bonds. The van der Waals surface area contributed by atoms with Gasteiger partial charge in [0.05, 0.1) is 41.2 Å². The van der Waals surface area contributed by atoms with Crippen molar-refractivity contribution in [2.45, 2.75) is 32.9 Å². The molecule has 0 spiro atoms. The highest BCUT2D eigenvalue weighted by Gasteiger charge is 2.23. The fourth-order valence-corrected chi connectivity index (χ4v) is 2.44. The van der Waals surface area contributed by atoms with Gasteiger partial charge in [0.15, 0.2) is 0 Å². The number of aryl methyl sites for hydroxylation is 2. The fourth-order valence-electron chi connectivity index (χ4n) is 2.19. The van der Waals surface area contributed by atoms with E-state index in [-0.39, 0.29) is 6.04 Å². The van der Waals surface area contributed by atoms with E-state index in [1.54, 1.807) is 12.5 Å². The van der Waals surface area contributed by atoms with Crippen LogP contribution in [0.3, 0.4) is 0 Å². The van der Waals surface area contributed by atoms with Crippen LogP contribution in [0, 0.1) is 0 Å². The van der Waals surface area contributed by atoms with Gasteiger partial charge in [-0.3, -0.25) is 4.68 Å². The first-order valence-corrected chi connectivity index (χ1v) is 6.97. The molecule has 2 aromatic rings. The van der Waals surface area contributed by atoms with E-state index in [1.807, 2.05) is 22.5 Å². The van der Waals surface area contributed by atoms with E-state index in [4.69, 9.17) is 11.6 Å². The van der Waals surface area contributed by atoms with Crippen LogP contribution in [0.5, 0.6) is 0 Å². The molecule has 0 bridgehead atoms. The maximum Gasteiger partial charge on any atom is 0.0946 e. The Hall–Kier alpha value is -1.33. The maximum atomic E-state index is 6.31. The lowest BCUT2D eigenvalue weighted by Crippen LogP contribution is -2.27. The molecule has 0 saturated carbocycles. The van der Waals surface area contributed by atoms with Gasteiger partial charge in [-0.15, -0.1) is 0 Å². The molecule has 0 aromatic carbocycles. The summed E-state index contributed by atoms with van der Waals surface area (Å²) in [5.74, 6) is 0. The van der Waals surface area contributed by atoms with Crippen molar-refractivity contribution in [1.29, 1.82) is 0 Å². The summed E-state index contributed by atoms with van der Waals surface area (Å²) in [6, 6.07) is 0.0161. The first-order chi connectivity index (χ1) is 9.19. The summed E-state index contributed by atoms with van der Waals surface area (Å²) in [5.41, 5.74) is 2.09. The second-order valence-corrected chi connectivity index (χ2v) is 4.92. The number of hydrogen-bond acceptors (Lipinski definition) is 3. The molecule has 104 valence electrons. The van der Waals surface area contributed by atoms with Crippen LogP contribution in [-0.4, -0.2) is 25.9 Å². The van der Waals surface area contributed by atoms with E-state index < -0.39 is 0 Å². The minimum Gasteiger partial charge on any atom is -0.336 e. The third-order valence-electron chi connectivity index (χ3n) is 3.15. The number of aromatic nitrogens is 4. The van der Waals surface area contributed by atoms with Gasteiger partial charge >= 0.3 is 0 Å². The number of imidazole rings is 1. The summed E-state index contributed by atoms with van der Waals surface area (Å²) in [6.45, 7) is 5.92. The van der Waals surface area contributed by atoms with Gasteiger partial charge in [-0.05, 0) is 19.9 Å². The predicted molar refractivity (Wildman–Crippen MR) is 76.3 cm³/mol. The molecule has 1 unspecified atom stereocenters. The minimum atomic E-state index is 0.0161. The van der Waals surface area contributed by atoms with Crippen molar-refractivity contribution in [3.05, 3.63) is 35.1 Å². The van der Waals surface area contributed by atoms with Gasteiger partial charge in [-0.1, -0.05) is 18.5 Å². The average molecular weight is 282 g/mol. The zero-order valence-electron chi connectivity index (χ0n) is 11.6. The number of halogens is 1. The summed E-state index contributed by atoms with van der Waals surface area (Å²) in [7, 11) is 1.99. The molecule has 2 heterocycles. The van der Waals surface area contributed by atoms with Crippen molar-refractivity contribution in [3.8, 4) is 0 Å². The molecule has 19 heavy (non-hydrogen) atoms. The van der Waals surface area contributed by atoms with Gasteiger partial charge in [-0.25, -0.2) is 4.98 Å². The third kappa shape index (κ3) is 2.82. The van der Waals surface area contributed by atoms with Gasteiger partial charge in [0.25, 0.3) is 0 Å². The molecule has 0 aliphatic heterocycles. The highest BCUT2D eigenvalue weighted by Crippen LogP contribution is 2.28. The highest BCUT2D eigenvalue weighted by molar-refractivity contribution is 6.31. The molecule has 0 fully saturated rings. The Morgan fingerprint density at radius 3 is 2.74 bits per heavy atom. The number of nitrogens with one attached hydrogen (secondary N) is 1. The Morgan fingerprint density at radius 1 is 1.37 bits per heavy atom. The number of rotatable bonds is 6. The molecule has 2 aromatic heterocycles. The van der Waals surface area contributed by atoms with Gasteiger partial charge in [0.2, 0.25) is 0 Å². The summed E-state index contributed by atoms with van der Waals surface area (Å²) in [6.07, 6.45) is 6.44. The molecule has 1 N–H and O–H groups in total. The molecule has 5 nitrogen and oxygen atoms in total. The Bertz CT molecular complexity index is 531. The second-order valence-electron chi connectivity index (χ2n) is 4.51. The molecular weight excluding hydrogens is 262 g/mol. The third-order valence-corrected chi connectivity index (χ3v) is 3.45. The van der Waals surface area contributed by atoms with E-state index in [9.17, 15) is 0 Å². The monoisotopic (exact) mass is 281 g/mol. The van der Waals surface area contributed by atoms with Crippen LogP contribution in [0.2, 0.25) is 5.02 Å². The Balaban J connectivity index is 2.42. The van der Waals surface area contributed by atoms with Crippen molar-refractivity contribution in [3.63, 3.8) is 0 Å². The second kappa shape index (κ2) is 6.21. The van der Waals surface area contributed by atoms with Crippen LogP contribution in [-0.2, 0) is 13.6 Å². The SMILES string of the molecule is CCCNC(c1cncn1C)c1c(Cl)cnn1CC. The van der Waals surface area contributed by atoms with E-state index in [0.29, 0.717) is 5.02 Å². The van der Waals surface area contributed by atoms with Crippen molar-refractivity contribution in [1.82, 2.24) is 24.6 Å². The van der Waals surface area contributed by atoms with Crippen LogP contribution in [0.1, 0.15) is 37.7 Å². The molecule has 0 aliphatic rings. The largest absolute Gasteiger partial charge is 0.336 e. The summed E-state index contributed by atoms with van der Waals surface area (Å²) >= 11 is 6.31. The zero-order chi connectivity index (χ0) is 13.8. The van der Waals surface area contributed by atoms with Gasteiger partial charge in [0.1, 0.15) is 0 Å². The first-order valence-electron chi connectivity index (χ1n) is 6.59. The van der Waals surface area contributed by atoms with Crippen LogP contribution in [0.4, 0.5) is 0 Å². The molecular formula is C13H20ClN5. The fraction of sp³-hybridized carbons (Fsp3) is 0.538. The van der Waals surface area contributed by atoms with E-state index in [1.165, 1.54) is 0 Å². The standard InChI is InChI=1S/C13H20ClN5/c1-4-6-16-12(11-8-15-9-18(11)3)13-10(14)7-17-19(13)5-2/h7-9,12,16H,4-6H2,1-3H3. The maximum absolute atomic E-state index is 6.31.